The van der Waals surface area contributed by atoms with E-state index in [1.165, 1.54) is 18.4 Å². The monoisotopic (exact) mass is 273 g/mol. The Morgan fingerprint density at radius 1 is 1.00 bits per heavy atom. The number of fused-ring (bicyclic) bond motifs is 1. The normalized spacial score (nSPS) is 10.9. The molecule has 0 atom stereocenters. The van der Waals surface area contributed by atoms with Gasteiger partial charge in [0, 0.05) is 0 Å². The Bertz CT molecular complexity index is 621. The van der Waals surface area contributed by atoms with Crippen LogP contribution in [0.3, 0.4) is 0 Å². The first kappa shape index (κ1) is 11.5. The Morgan fingerprint density at radius 3 is 2.47 bits per heavy atom. The Labute approximate surface area is 114 Å². The highest BCUT2D eigenvalue weighted by Crippen LogP contribution is 2.34. The van der Waals surface area contributed by atoms with E-state index in [1.807, 2.05) is 11.3 Å². The maximum atomic E-state index is 4.70. The average molecular weight is 273 g/mol. The molecule has 0 saturated heterocycles. The summed E-state index contributed by atoms with van der Waals surface area (Å²) >= 11 is 5.42. The molecule has 1 nitrogen and oxygen atoms in total. The van der Waals surface area contributed by atoms with Gasteiger partial charge >= 0.3 is 0 Å². The quantitative estimate of drug-likeness (QED) is 0.669. The van der Waals surface area contributed by atoms with Crippen molar-refractivity contribution in [2.45, 2.75) is 13.6 Å². The lowest BCUT2D eigenvalue weighted by atomic mass is 9.81. The molecule has 0 saturated carbocycles. The molecule has 3 heterocycles. The molecule has 3 rings (SSSR count). The van der Waals surface area contributed by atoms with Gasteiger partial charge < -0.3 is 0 Å². The minimum atomic E-state index is 1.14. The van der Waals surface area contributed by atoms with Gasteiger partial charge in [0.25, 0.3) is 0 Å². The first-order chi connectivity index (χ1) is 8.30. The SMILES string of the molecule is C[B]c1ccc(-c2nc3cc([B]C)sc3s2)s1. The fourth-order valence-electron chi connectivity index (χ4n) is 1.62. The Hall–Kier alpha value is -0.580. The number of thiophene rings is 2. The van der Waals surface area contributed by atoms with Crippen LogP contribution in [0.15, 0.2) is 18.2 Å². The van der Waals surface area contributed by atoms with Crippen LogP contribution in [0.5, 0.6) is 0 Å². The first-order valence-electron chi connectivity index (χ1n) is 5.39. The highest BCUT2D eigenvalue weighted by molar-refractivity contribution is 7.43. The molecule has 0 aliphatic heterocycles. The van der Waals surface area contributed by atoms with Gasteiger partial charge in [0.1, 0.15) is 9.02 Å². The van der Waals surface area contributed by atoms with E-state index in [4.69, 9.17) is 4.98 Å². The van der Waals surface area contributed by atoms with Gasteiger partial charge in [0.15, 0.2) is 14.6 Å². The van der Waals surface area contributed by atoms with Gasteiger partial charge in [0.05, 0.1) is 10.4 Å². The molecule has 0 spiro atoms. The maximum absolute atomic E-state index is 4.70. The fraction of sp³-hybridized carbons (Fsp3) is 0.182. The van der Waals surface area contributed by atoms with Crippen molar-refractivity contribution in [2.24, 2.45) is 0 Å². The molecule has 3 aromatic rings. The van der Waals surface area contributed by atoms with Gasteiger partial charge in [-0.2, -0.15) is 0 Å². The molecule has 3 aromatic heterocycles. The molecule has 82 valence electrons. The summed E-state index contributed by atoms with van der Waals surface area (Å²) in [6, 6.07) is 6.48. The van der Waals surface area contributed by atoms with Gasteiger partial charge in [-0.1, -0.05) is 19.7 Å². The summed E-state index contributed by atoms with van der Waals surface area (Å²) in [5.74, 6) is 0. The molecule has 17 heavy (non-hydrogen) atoms. The zero-order valence-electron chi connectivity index (χ0n) is 9.56. The lowest BCUT2D eigenvalue weighted by Crippen LogP contribution is -2.02. The van der Waals surface area contributed by atoms with E-state index in [9.17, 15) is 0 Å². The van der Waals surface area contributed by atoms with Crippen LogP contribution in [-0.4, -0.2) is 19.5 Å². The smallest absolute Gasteiger partial charge is 0.162 e. The third-order valence-electron chi connectivity index (χ3n) is 2.52. The van der Waals surface area contributed by atoms with E-state index in [1.54, 1.807) is 22.7 Å². The summed E-state index contributed by atoms with van der Waals surface area (Å²) in [6.45, 7) is 4.14. The third kappa shape index (κ3) is 2.09. The summed E-state index contributed by atoms with van der Waals surface area (Å²) in [6.07, 6.45) is 0. The second-order valence-electron chi connectivity index (χ2n) is 3.62. The molecule has 0 amide bonds. The van der Waals surface area contributed by atoms with Crippen molar-refractivity contribution in [3.8, 4) is 9.88 Å². The van der Waals surface area contributed by atoms with Gasteiger partial charge in [-0.25, -0.2) is 4.98 Å². The van der Waals surface area contributed by atoms with Gasteiger partial charge in [-0.05, 0) is 21.7 Å². The number of aromatic nitrogens is 1. The predicted octanol–water partition coefficient (Wildman–Crippen LogP) is 2.84. The second kappa shape index (κ2) is 4.59. The lowest BCUT2D eigenvalue weighted by Gasteiger charge is -1.87. The van der Waals surface area contributed by atoms with Crippen molar-refractivity contribution in [2.75, 3.05) is 0 Å². The van der Waals surface area contributed by atoms with Crippen molar-refractivity contribution in [3.05, 3.63) is 18.2 Å². The molecular formula is C11H9B2NS3. The third-order valence-corrected chi connectivity index (χ3v) is 6.19. The van der Waals surface area contributed by atoms with Gasteiger partial charge in [0.2, 0.25) is 0 Å². The predicted molar refractivity (Wildman–Crippen MR) is 83.3 cm³/mol. The Kier molecular flexibility index (Phi) is 3.11. The summed E-state index contributed by atoms with van der Waals surface area (Å²) in [5, 5.41) is 1.15. The van der Waals surface area contributed by atoms with E-state index >= 15 is 0 Å². The van der Waals surface area contributed by atoms with Crippen molar-refractivity contribution in [1.29, 1.82) is 0 Å². The molecule has 2 radical (unpaired) electrons. The van der Waals surface area contributed by atoms with E-state index in [0.29, 0.717) is 0 Å². The van der Waals surface area contributed by atoms with Crippen molar-refractivity contribution < 1.29 is 0 Å². The minimum Gasteiger partial charge on any atom is -0.234 e. The Balaban J connectivity index is 2.02. The molecule has 0 unspecified atom stereocenters. The van der Waals surface area contributed by atoms with E-state index in [2.05, 4.69) is 46.4 Å². The topological polar surface area (TPSA) is 12.9 Å². The average Bonchev–Trinajstić information content (AvgIpc) is 3.01. The van der Waals surface area contributed by atoms with Gasteiger partial charge in [-0.3, -0.25) is 0 Å². The van der Waals surface area contributed by atoms with E-state index in [-0.39, 0.29) is 0 Å². The Morgan fingerprint density at radius 2 is 1.82 bits per heavy atom. The largest absolute Gasteiger partial charge is 0.234 e. The molecule has 0 aliphatic carbocycles. The van der Waals surface area contributed by atoms with E-state index in [0.717, 1.165) is 10.5 Å². The standard InChI is InChI=1S/C11H9B2NS3/c1-12-8-4-3-7(15-8)10-14-6-5-9(13-2)16-11(6)17-10/h3-5H,1-2H3. The van der Waals surface area contributed by atoms with Crippen molar-refractivity contribution >= 4 is 67.7 Å². The van der Waals surface area contributed by atoms with E-state index < -0.39 is 0 Å². The number of hydrogen-bond acceptors (Lipinski definition) is 4. The molecule has 0 N–H and O–H groups in total. The lowest BCUT2D eigenvalue weighted by molar-refractivity contribution is 1.51. The van der Waals surface area contributed by atoms with Crippen LogP contribution in [0.4, 0.5) is 0 Å². The van der Waals surface area contributed by atoms with Gasteiger partial charge in [-0.15, -0.1) is 34.0 Å². The molecule has 6 heteroatoms. The fourth-order valence-corrected chi connectivity index (χ4v) is 4.75. The summed E-state index contributed by atoms with van der Waals surface area (Å²) in [7, 11) is 4.27. The van der Waals surface area contributed by atoms with Crippen LogP contribution < -0.4 is 9.55 Å². The van der Waals surface area contributed by atoms with Crippen LogP contribution in [0, 0.1) is 0 Å². The van der Waals surface area contributed by atoms with Crippen molar-refractivity contribution in [1.82, 2.24) is 4.98 Å². The first-order valence-corrected chi connectivity index (χ1v) is 7.84. The molecule has 0 bridgehead atoms. The van der Waals surface area contributed by atoms with Crippen molar-refractivity contribution in [3.63, 3.8) is 0 Å². The summed E-state index contributed by atoms with van der Waals surface area (Å²) in [4.78, 5) is 5.98. The molecule has 0 aromatic carbocycles. The number of rotatable bonds is 3. The summed E-state index contributed by atoms with van der Waals surface area (Å²) < 4.78 is 3.93. The van der Waals surface area contributed by atoms with Crippen LogP contribution in [0.1, 0.15) is 0 Å². The number of thiazole rings is 1. The highest BCUT2D eigenvalue weighted by Gasteiger charge is 2.11. The zero-order chi connectivity index (χ0) is 11.8. The second-order valence-corrected chi connectivity index (χ2v) is 7.08. The number of hydrogen-bond donors (Lipinski definition) is 0. The van der Waals surface area contributed by atoms with Crippen LogP contribution in [0.25, 0.3) is 19.4 Å². The zero-order valence-corrected chi connectivity index (χ0v) is 12.0. The minimum absolute atomic E-state index is 1.14. The van der Waals surface area contributed by atoms with Crippen LogP contribution in [0.2, 0.25) is 13.6 Å². The van der Waals surface area contributed by atoms with Crippen LogP contribution >= 0.6 is 34.0 Å². The molecule has 0 fully saturated rings. The molecule has 0 aliphatic rings. The molecular weight excluding hydrogens is 264 g/mol. The number of nitrogens with zero attached hydrogens (tertiary/aromatic N) is 1. The van der Waals surface area contributed by atoms with Crippen LogP contribution in [-0.2, 0) is 0 Å². The maximum Gasteiger partial charge on any atom is 0.162 e. The highest BCUT2D eigenvalue weighted by atomic mass is 32.2. The summed E-state index contributed by atoms with van der Waals surface area (Å²) in [5.41, 5.74) is 1.14.